The zero-order chi connectivity index (χ0) is 15.5. The topological polar surface area (TPSA) is 45.2 Å². The fourth-order valence-corrected chi connectivity index (χ4v) is 2.90. The van der Waals surface area contributed by atoms with E-state index in [9.17, 15) is 4.79 Å². The second kappa shape index (κ2) is 6.18. The monoisotopic (exact) mass is 295 g/mol. The van der Waals surface area contributed by atoms with E-state index in [2.05, 4.69) is 21.3 Å². The smallest absolute Gasteiger partial charge is 0.255 e. The molecule has 0 saturated carbocycles. The molecule has 2 heterocycles. The van der Waals surface area contributed by atoms with Crippen LogP contribution in [0.25, 0.3) is 0 Å². The quantitative estimate of drug-likeness (QED) is 0.942. The number of nitrogens with one attached hydrogen (secondary N) is 1. The van der Waals surface area contributed by atoms with Crippen LogP contribution in [0.2, 0.25) is 0 Å². The van der Waals surface area contributed by atoms with Gasteiger partial charge in [-0.3, -0.25) is 4.79 Å². The van der Waals surface area contributed by atoms with Gasteiger partial charge in [-0.1, -0.05) is 17.2 Å². The van der Waals surface area contributed by atoms with E-state index in [-0.39, 0.29) is 5.91 Å². The number of carbonyl (C=O) groups is 1. The molecule has 3 rings (SSSR count). The average Bonchev–Trinajstić information content (AvgIpc) is 3.01. The van der Waals surface area contributed by atoms with Gasteiger partial charge in [-0.05, 0) is 51.0 Å². The normalized spacial score (nSPS) is 14.2. The summed E-state index contributed by atoms with van der Waals surface area (Å²) in [6.07, 6.45) is 4.19. The highest BCUT2D eigenvalue weighted by Crippen LogP contribution is 2.19. The molecule has 4 nitrogen and oxygen atoms in total. The van der Waals surface area contributed by atoms with Crippen LogP contribution in [0, 0.1) is 13.8 Å². The number of benzene rings is 1. The fraction of sp³-hybridized carbons (Fsp3) is 0.333. The first-order valence-corrected chi connectivity index (χ1v) is 7.72. The minimum Gasteiger partial charge on any atom is -0.357 e. The van der Waals surface area contributed by atoms with Crippen LogP contribution >= 0.6 is 0 Å². The highest BCUT2D eigenvalue weighted by molar-refractivity contribution is 6.04. The number of aromatic nitrogens is 1. The van der Waals surface area contributed by atoms with Crippen molar-refractivity contribution >= 4 is 17.4 Å². The number of hydrogen-bond acceptors (Lipinski definition) is 3. The van der Waals surface area contributed by atoms with E-state index in [1.54, 1.807) is 6.20 Å². The van der Waals surface area contributed by atoms with Gasteiger partial charge in [0.25, 0.3) is 5.91 Å². The average molecular weight is 295 g/mol. The van der Waals surface area contributed by atoms with Gasteiger partial charge < -0.3 is 10.2 Å². The Bertz CT molecular complexity index is 653. The lowest BCUT2D eigenvalue weighted by Gasteiger charge is -2.16. The maximum absolute atomic E-state index is 12.3. The number of carbonyl (C=O) groups excluding carboxylic acids is 1. The summed E-state index contributed by atoms with van der Waals surface area (Å²) in [6, 6.07) is 9.75. The van der Waals surface area contributed by atoms with E-state index in [0.717, 1.165) is 35.7 Å². The molecule has 0 unspecified atom stereocenters. The predicted molar refractivity (Wildman–Crippen MR) is 89.6 cm³/mol. The van der Waals surface area contributed by atoms with Crippen LogP contribution in [-0.4, -0.2) is 24.0 Å². The molecule has 0 atom stereocenters. The first-order valence-electron chi connectivity index (χ1n) is 7.72. The Hall–Kier alpha value is -2.36. The van der Waals surface area contributed by atoms with Crippen molar-refractivity contribution in [2.45, 2.75) is 26.7 Å². The molecule has 1 amide bonds. The van der Waals surface area contributed by atoms with Crippen LogP contribution in [0.5, 0.6) is 0 Å². The van der Waals surface area contributed by atoms with Crippen molar-refractivity contribution in [1.82, 2.24) is 4.98 Å². The third-order valence-corrected chi connectivity index (χ3v) is 3.92. The second-order valence-corrected chi connectivity index (χ2v) is 5.93. The molecule has 1 N–H and O–H groups in total. The van der Waals surface area contributed by atoms with Crippen molar-refractivity contribution in [2.75, 3.05) is 23.3 Å². The van der Waals surface area contributed by atoms with Crippen LogP contribution < -0.4 is 10.2 Å². The van der Waals surface area contributed by atoms with Gasteiger partial charge in [-0.25, -0.2) is 4.98 Å². The Morgan fingerprint density at radius 3 is 2.36 bits per heavy atom. The summed E-state index contributed by atoms with van der Waals surface area (Å²) in [4.78, 5) is 19.0. The number of aryl methyl sites for hydroxylation is 2. The summed E-state index contributed by atoms with van der Waals surface area (Å²) in [5.74, 6) is 0.893. The van der Waals surface area contributed by atoms with Crippen LogP contribution in [0.3, 0.4) is 0 Å². The molecule has 2 aromatic rings. The fourth-order valence-electron chi connectivity index (χ4n) is 2.90. The van der Waals surface area contributed by atoms with Crippen molar-refractivity contribution in [2.24, 2.45) is 0 Å². The summed E-state index contributed by atoms with van der Waals surface area (Å²) in [5.41, 5.74) is 3.59. The molecule has 0 aliphatic carbocycles. The minimum atomic E-state index is -0.0949. The number of pyridine rings is 1. The van der Waals surface area contributed by atoms with Crippen molar-refractivity contribution in [1.29, 1.82) is 0 Å². The van der Waals surface area contributed by atoms with Gasteiger partial charge in [0.2, 0.25) is 0 Å². The first-order chi connectivity index (χ1) is 10.6. The Balaban J connectivity index is 1.70. The van der Waals surface area contributed by atoms with E-state index in [1.165, 1.54) is 12.8 Å². The van der Waals surface area contributed by atoms with Gasteiger partial charge in [0.05, 0.1) is 11.9 Å². The molecule has 1 fully saturated rings. The molecule has 1 aliphatic rings. The highest BCUT2D eigenvalue weighted by atomic mass is 16.1. The summed E-state index contributed by atoms with van der Waals surface area (Å²) in [6.45, 7) is 6.13. The van der Waals surface area contributed by atoms with Gasteiger partial charge in [-0.15, -0.1) is 0 Å². The Labute approximate surface area is 131 Å². The van der Waals surface area contributed by atoms with Gasteiger partial charge >= 0.3 is 0 Å². The van der Waals surface area contributed by atoms with E-state index in [1.807, 2.05) is 38.1 Å². The van der Waals surface area contributed by atoms with Crippen LogP contribution in [0.1, 0.15) is 34.3 Å². The SMILES string of the molecule is Cc1cc(C)cc(C(=O)Nc2ccc(N3CCCC3)nc2)c1. The summed E-state index contributed by atoms with van der Waals surface area (Å²) >= 11 is 0. The molecule has 1 aromatic heterocycles. The Morgan fingerprint density at radius 2 is 1.77 bits per heavy atom. The third-order valence-electron chi connectivity index (χ3n) is 3.92. The molecule has 1 aliphatic heterocycles. The maximum atomic E-state index is 12.3. The molecule has 22 heavy (non-hydrogen) atoms. The van der Waals surface area contributed by atoms with E-state index in [0.29, 0.717) is 5.56 Å². The van der Waals surface area contributed by atoms with Gasteiger partial charge in [0.1, 0.15) is 5.82 Å². The van der Waals surface area contributed by atoms with Crippen molar-refractivity contribution in [3.63, 3.8) is 0 Å². The molecule has 0 radical (unpaired) electrons. The zero-order valence-electron chi connectivity index (χ0n) is 13.1. The van der Waals surface area contributed by atoms with Crippen LogP contribution in [0.4, 0.5) is 11.5 Å². The molecule has 1 saturated heterocycles. The Kier molecular flexibility index (Phi) is 4.09. The van der Waals surface area contributed by atoms with E-state index >= 15 is 0 Å². The largest absolute Gasteiger partial charge is 0.357 e. The first kappa shape index (κ1) is 14.6. The standard InChI is InChI=1S/C18H21N3O/c1-13-9-14(2)11-15(10-13)18(22)20-16-5-6-17(19-12-16)21-7-3-4-8-21/h5-6,9-12H,3-4,7-8H2,1-2H3,(H,20,22). The number of rotatable bonds is 3. The molecule has 114 valence electrons. The lowest BCUT2D eigenvalue weighted by Crippen LogP contribution is -2.19. The van der Waals surface area contributed by atoms with E-state index < -0.39 is 0 Å². The lowest BCUT2D eigenvalue weighted by atomic mass is 10.1. The van der Waals surface area contributed by atoms with Crippen LogP contribution in [0.15, 0.2) is 36.5 Å². The molecule has 4 heteroatoms. The summed E-state index contributed by atoms with van der Waals surface area (Å²) in [5, 5.41) is 2.91. The zero-order valence-corrected chi connectivity index (χ0v) is 13.1. The predicted octanol–water partition coefficient (Wildman–Crippen LogP) is 3.55. The second-order valence-electron chi connectivity index (χ2n) is 5.93. The van der Waals surface area contributed by atoms with Gasteiger partial charge in [0, 0.05) is 18.7 Å². The van der Waals surface area contributed by atoms with Crippen molar-refractivity contribution in [3.05, 3.63) is 53.2 Å². The third kappa shape index (κ3) is 3.27. The lowest BCUT2D eigenvalue weighted by molar-refractivity contribution is 0.102. The summed E-state index contributed by atoms with van der Waals surface area (Å²) in [7, 11) is 0. The number of amides is 1. The van der Waals surface area contributed by atoms with E-state index in [4.69, 9.17) is 0 Å². The van der Waals surface area contributed by atoms with Crippen molar-refractivity contribution in [3.8, 4) is 0 Å². The molecule has 0 bridgehead atoms. The number of hydrogen-bond donors (Lipinski definition) is 1. The number of anilines is 2. The molecular weight excluding hydrogens is 274 g/mol. The summed E-state index contributed by atoms with van der Waals surface area (Å²) < 4.78 is 0. The van der Waals surface area contributed by atoms with Gasteiger partial charge in [-0.2, -0.15) is 0 Å². The minimum absolute atomic E-state index is 0.0949. The van der Waals surface area contributed by atoms with Crippen molar-refractivity contribution < 1.29 is 4.79 Å². The molecule has 0 spiro atoms. The maximum Gasteiger partial charge on any atom is 0.255 e. The molecular formula is C18H21N3O. The van der Waals surface area contributed by atoms with Gasteiger partial charge in [0.15, 0.2) is 0 Å². The Morgan fingerprint density at radius 1 is 1.09 bits per heavy atom. The number of nitrogens with zero attached hydrogens (tertiary/aromatic N) is 2. The highest BCUT2D eigenvalue weighted by Gasteiger charge is 2.13. The molecule has 1 aromatic carbocycles. The van der Waals surface area contributed by atoms with Crippen LogP contribution in [-0.2, 0) is 0 Å².